The van der Waals surface area contributed by atoms with Crippen molar-refractivity contribution in [1.82, 2.24) is 15.5 Å². The van der Waals surface area contributed by atoms with Gasteiger partial charge in [0.25, 0.3) is 11.5 Å². The summed E-state index contributed by atoms with van der Waals surface area (Å²) in [5.41, 5.74) is 4.37. The topological polar surface area (TPSA) is 88.0 Å². The van der Waals surface area contributed by atoms with Gasteiger partial charge in [0, 0.05) is 23.5 Å². The lowest BCUT2D eigenvalue weighted by Gasteiger charge is -2.09. The van der Waals surface area contributed by atoms with Crippen LogP contribution in [0.5, 0.6) is 0 Å². The predicted octanol–water partition coefficient (Wildman–Crippen LogP) is 3.49. The molecule has 0 aliphatic carbocycles. The molecule has 3 aromatic rings. The number of fused-ring (bicyclic) bond motifs is 1. The molecule has 2 N–H and O–H groups in total. The number of aryl methyl sites for hydroxylation is 3. The van der Waals surface area contributed by atoms with Crippen molar-refractivity contribution in [3.63, 3.8) is 0 Å². The summed E-state index contributed by atoms with van der Waals surface area (Å²) in [5.74, 6) is 0.317. The monoisotopic (exact) mass is 353 g/mol. The molecule has 6 heteroatoms. The van der Waals surface area contributed by atoms with Crippen molar-refractivity contribution in [1.29, 1.82) is 0 Å². The van der Waals surface area contributed by atoms with Gasteiger partial charge in [0.05, 0.1) is 5.69 Å². The van der Waals surface area contributed by atoms with Crippen molar-refractivity contribution >= 4 is 16.8 Å². The molecule has 0 aliphatic heterocycles. The van der Waals surface area contributed by atoms with Gasteiger partial charge in [-0.05, 0) is 55.5 Å². The Balaban J connectivity index is 1.87. The Kier molecular flexibility index (Phi) is 4.68. The number of hydrogen-bond acceptors (Lipinski definition) is 4. The SMILES string of the molecule is Cc1cc2cc(CNC(=O)c3c(C)noc3C(C)C)c(=O)[nH]c2cc1C. The molecule has 0 saturated carbocycles. The number of H-pyrrole nitrogens is 1. The summed E-state index contributed by atoms with van der Waals surface area (Å²) in [5, 5.41) is 7.64. The molecular formula is C20H23N3O3. The lowest BCUT2D eigenvalue weighted by molar-refractivity contribution is 0.0947. The highest BCUT2D eigenvalue weighted by Crippen LogP contribution is 2.22. The van der Waals surface area contributed by atoms with Crippen LogP contribution in [-0.2, 0) is 6.54 Å². The van der Waals surface area contributed by atoms with Crippen LogP contribution in [0.4, 0.5) is 0 Å². The smallest absolute Gasteiger partial charge is 0.257 e. The summed E-state index contributed by atoms with van der Waals surface area (Å²) >= 11 is 0. The molecule has 0 spiro atoms. The first-order valence-electron chi connectivity index (χ1n) is 8.65. The van der Waals surface area contributed by atoms with Gasteiger partial charge in [0.15, 0.2) is 5.76 Å². The summed E-state index contributed by atoms with van der Waals surface area (Å²) < 4.78 is 5.26. The molecule has 0 radical (unpaired) electrons. The second kappa shape index (κ2) is 6.78. The third kappa shape index (κ3) is 3.27. The van der Waals surface area contributed by atoms with Crippen molar-refractivity contribution in [2.75, 3.05) is 0 Å². The maximum Gasteiger partial charge on any atom is 0.257 e. The van der Waals surface area contributed by atoms with Crippen LogP contribution in [0.2, 0.25) is 0 Å². The zero-order chi connectivity index (χ0) is 19.0. The number of rotatable bonds is 4. The summed E-state index contributed by atoms with van der Waals surface area (Å²) in [6.45, 7) is 9.79. The maximum absolute atomic E-state index is 12.6. The number of aromatic amines is 1. The van der Waals surface area contributed by atoms with Crippen LogP contribution < -0.4 is 10.9 Å². The Labute approximate surface area is 151 Å². The molecule has 1 aromatic carbocycles. The van der Waals surface area contributed by atoms with E-state index >= 15 is 0 Å². The van der Waals surface area contributed by atoms with Crippen LogP contribution in [0.25, 0.3) is 10.9 Å². The molecule has 2 heterocycles. The normalized spacial score (nSPS) is 11.3. The van der Waals surface area contributed by atoms with Gasteiger partial charge in [-0.1, -0.05) is 19.0 Å². The third-order valence-corrected chi connectivity index (χ3v) is 4.62. The number of aromatic nitrogens is 2. The Morgan fingerprint density at radius 2 is 1.88 bits per heavy atom. The lowest BCUT2D eigenvalue weighted by atomic mass is 10.0. The minimum Gasteiger partial charge on any atom is -0.360 e. The maximum atomic E-state index is 12.6. The Morgan fingerprint density at radius 1 is 1.19 bits per heavy atom. The van der Waals surface area contributed by atoms with E-state index in [1.54, 1.807) is 6.92 Å². The van der Waals surface area contributed by atoms with Crippen LogP contribution in [0.3, 0.4) is 0 Å². The fraction of sp³-hybridized carbons (Fsp3) is 0.350. The van der Waals surface area contributed by atoms with Gasteiger partial charge in [0.2, 0.25) is 0 Å². The Morgan fingerprint density at radius 3 is 2.58 bits per heavy atom. The van der Waals surface area contributed by atoms with E-state index in [0.717, 1.165) is 22.0 Å². The molecule has 0 saturated heterocycles. The summed E-state index contributed by atoms with van der Waals surface area (Å²) in [4.78, 5) is 27.8. The summed E-state index contributed by atoms with van der Waals surface area (Å²) in [6.07, 6.45) is 0. The number of pyridine rings is 1. The average molecular weight is 353 g/mol. The van der Waals surface area contributed by atoms with Crippen molar-refractivity contribution < 1.29 is 9.32 Å². The highest BCUT2D eigenvalue weighted by Gasteiger charge is 2.22. The molecule has 1 amide bonds. The number of carbonyl (C=O) groups is 1. The first kappa shape index (κ1) is 17.9. The van der Waals surface area contributed by atoms with Crippen LogP contribution >= 0.6 is 0 Å². The minimum absolute atomic E-state index is 0.0484. The molecule has 26 heavy (non-hydrogen) atoms. The van der Waals surface area contributed by atoms with Crippen molar-refractivity contribution in [2.45, 2.75) is 47.1 Å². The van der Waals surface area contributed by atoms with Gasteiger partial charge >= 0.3 is 0 Å². The van der Waals surface area contributed by atoms with Crippen molar-refractivity contribution in [3.8, 4) is 0 Å². The Bertz CT molecular complexity index is 1040. The van der Waals surface area contributed by atoms with E-state index in [0.29, 0.717) is 22.6 Å². The third-order valence-electron chi connectivity index (χ3n) is 4.62. The molecule has 6 nitrogen and oxygen atoms in total. The zero-order valence-corrected chi connectivity index (χ0v) is 15.7. The van der Waals surface area contributed by atoms with Crippen molar-refractivity contribution in [2.24, 2.45) is 0 Å². The number of hydrogen-bond donors (Lipinski definition) is 2. The quantitative estimate of drug-likeness (QED) is 0.751. The molecule has 0 atom stereocenters. The van der Waals surface area contributed by atoms with E-state index in [1.165, 1.54) is 0 Å². The number of amides is 1. The molecule has 0 bridgehead atoms. The summed E-state index contributed by atoms with van der Waals surface area (Å²) in [7, 11) is 0. The molecule has 0 unspecified atom stereocenters. The van der Waals surface area contributed by atoms with E-state index in [2.05, 4.69) is 15.5 Å². The molecule has 0 fully saturated rings. The number of nitrogens with one attached hydrogen (secondary N) is 2. The van der Waals surface area contributed by atoms with Crippen LogP contribution in [0.1, 0.15) is 58.3 Å². The molecule has 2 aromatic heterocycles. The van der Waals surface area contributed by atoms with E-state index in [1.807, 2.05) is 45.9 Å². The lowest BCUT2D eigenvalue weighted by Crippen LogP contribution is -2.27. The first-order chi connectivity index (χ1) is 12.3. The van der Waals surface area contributed by atoms with E-state index in [4.69, 9.17) is 4.52 Å². The summed E-state index contributed by atoms with van der Waals surface area (Å²) in [6, 6.07) is 5.82. The highest BCUT2D eigenvalue weighted by molar-refractivity contribution is 5.96. The highest BCUT2D eigenvalue weighted by atomic mass is 16.5. The predicted molar refractivity (Wildman–Crippen MR) is 101 cm³/mol. The van der Waals surface area contributed by atoms with E-state index < -0.39 is 0 Å². The standard InChI is InChI=1S/C20H23N3O3/c1-10(2)18-17(13(5)23-26-18)20(25)21-9-15-8-14-6-11(3)12(4)7-16(14)22-19(15)24/h6-8,10H,9H2,1-5H3,(H,21,25)(H,22,24). The van der Waals surface area contributed by atoms with Gasteiger partial charge in [-0.2, -0.15) is 0 Å². The largest absolute Gasteiger partial charge is 0.360 e. The van der Waals surface area contributed by atoms with E-state index in [-0.39, 0.29) is 23.9 Å². The fourth-order valence-corrected chi connectivity index (χ4v) is 2.97. The van der Waals surface area contributed by atoms with Crippen LogP contribution in [-0.4, -0.2) is 16.0 Å². The van der Waals surface area contributed by atoms with Crippen molar-refractivity contribution in [3.05, 3.63) is 62.3 Å². The number of nitrogens with zero attached hydrogens (tertiary/aromatic N) is 1. The van der Waals surface area contributed by atoms with Gasteiger partial charge in [0.1, 0.15) is 5.56 Å². The fourth-order valence-electron chi connectivity index (χ4n) is 2.97. The average Bonchev–Trinajstić information content (AvgIpc) is 2.96. The number of carbonyl (C=O) groups excluding carboxylic acids is 1. The van der Waals surface area contributed by atoms with Crippen LogP contribution in [0, 0.1) is 20.8 Å². The van der Waals surface area contributed by atoms with Gasteiger partial charge in [-0.15, -0.1) is 0 Å². The minimum atomic E-state index is -0.285. The van der Waals surface area contributed by atoms with Gasteiger partial charge in [-0.25, -0.2) is 0 Å². The molecule has 3 rings (SSSR count). The number of benzene rings is 1. The van der Waals surface area contributed by atoms with E-state index in [9.17, 15) is 9.59 Å². The van der Waals surface area contributed by atoms with Crippen LogP contribution in [0.15, 0.2) is 27.5 Å². The molecule has 136 valence electrons. The molecular weight excluding hydrogens is 330 g/mol. The van der Waals surface area contributed by atoms with Gasteiger partial charge < -0.3 is 14.8 Å². The molecule has 0 aliphatic rings. The first-order valence-corrected chi connectivity index (χ1v) is 8.65. The second-order valence-corrected chi connectivity index (χ2v) is 6.99. The Hall–Kier alpha value is -2.89. The zero-order valence-electron chi connectivity index (χ0n) is 15.7. The van der Waals surface area contributed by atoms with Gasteiger partial charge in [-0.3, -0.25) is 9.59 Å². The second-order valence-electron chi connectivity index (χ2n) is 6.99.